The molecule has 9 heteroatoms. The monoisotopic (exact) mass is 446 g/mol. The maximum atomic E-state index is 12.9. The molecule has 1 unspecified atom stereocenters. The quantitative estimate of drug-likeness (QED) is 0.605. The molecular formula is C21H26N4O3S2. The van der Waals surface area contributed by atoms with Crippen molar-refractivity contribution in [3.05, 3.63) is 48.0 Å². The Balaban J connectivity index is 1.50. The molecule has 2 aromatic heterocycles. The van der Waals surface area contributed by atoms with E-state index in [1.165, 1.54) is 15.6 Å². The highest BCUT2D eigenvalue weighted by Crippen LogP contribution is 2.29. The molecule has 3 aromatic rings. The maximum Gasteiger partial charge on any atom is 0.253 e. The van der Waals surface area contributed by atoms with Gasteiger partial charge in [-0.1, -0.05) is 6.07 Å². The molecule has 7 nitrogen and oxygen atoms in total. The summed E-state index contributed by atoms with van der Waals surface area (Å²) in [5, 5.41) is 5.70. The van der Waals surface area contributed by atoms with Gasteiger partial charge in [-0.2, -0.15) is 4.31 Å². The summed E-state index contributed by atoms with van der Waals surface area (Å²) in [6, 6.07) is 10.5. The lowest BCUT2D eigenvalue weighted by atomic mass is 10.2. The average Bonchev–Trinajstić information content (AvgIpc) is 3.46. The van der Waals surface area contributed by atoms with Crippen LogP contribution in [-0.2, 0) is 21.4 Å². The molecule has 1 fully saturated rings. The number of sulfonamides is 1. The molecule has 0 spiro atoms. The average molecular weight is 447 g/mol. The highest BCUT2D eigenvalue weighted by atomic mass is 32.2. The number of carbonyl (C=O) groups is 1. The molecule has 30 heavy (non-hydrogen) atoms. The summed E-state index contributed by atoms with van der Waals surface area (Å²) in [5.74, 6) is -0.279. The second kappa shape index (κ2) is 8.50. The fraction of sp³-hybridized carbons (Fsp3) is 0.381. The van der Waals surface area contributed by atoms with Gasteiger partial charge in [0.05, 0.1) is 0 Å². The van der Waals surface area contributed by atoms with E-state index >= 15 is 0 Å². The van der Waals surface area contributed by atoms with Gasteiger partial charge < -0.3 is 14.8 Å². The molecule has 1 aliphatic heterocycles. The van der Waals surface area contributed by atoms with Crippen molar-refractivity contribution in [2.75, 3.05) is 32.5 Å². The van der Waals surface area contributed by atoms with Crippen molar-refractivity contribution in [1.29, 1.82) is 0 Å². The highest BCUT2D eigenvalue weighted by Gasteiger charge is 2.39. The molecule has 0 radical (unpaired) electrons. The lowest BCUT2D eigenvalue weighted by molar-refractivity contribution is -0.119. The summed E-state index contributed by atoms with van der Waals surface area (Å²) in [7, 11) is 0.449. The van der Waals surface area contributed by atoms with Crippen molar-refractivity contribution in [2.24, 2.45) is 0 Å². The van der Waals surface area contributed by atoms with Crippen molar-refractivity contribution < 1.29 is 13.2 Å². The number of nitrogens with zero attached hydrogens (tertiary/aromatic N) is 3. The van der Waals surface area contributed by atoms with Crippen LogP contribution < -0.4 is 5.32 Å². The van der Waals surface area contributed by atoms with Gasteiger partial charge in [-0.25, -0.2) is 8.42 Å². The van der Waals surface area contributed by atoms with Crippen molar-refractivity contribution >= 4 is 43.9 Å². The molecule has 0 aliphatic carbocycles. The normalized spacial score (nSPS) is 17.8. The topological polar surface area (TPSA) is 74.7 Å². The van der Waals surface area contributed by atoms with Crippen LogP contribution in [0.25, 0.3) is 10.9 Å². The van der Waals surface area contributed by atoms with Gasteiger partial charge in [0.2, 0.25) is 5.91 Å². The number of rotatable bonds is 7. The molecule has 3 heterocycles. The summed E-state index contributed by atoms with van der Waals surface area (Å²) >= 11 is 1.18. The summed E-state index contributed by atoms with van der Waals surface area (Å²) in [4.78, 5) is 15.1. The minimum atomic E-state index is -3.64. The van der Waals surface area contributed by atoms with Crippen LogP contribution >= 0.6 is 11.3 Å². The van der Waals surface area contributed by atoms with E-state index in [1.54, 1.807) is 17.5 Å². The Bertz CT molecular complexity index is 1140. The molecular weight excluding hydrogens is 420 g/mol. The Morgan fingerprint density at radius 1 is 1.27 bits per heavy atom. The molecule has 1 aromatic carbocycles. The Labute approximate surface area is 181 Å². The molecule has 0 saturated carbocycles. The number of nitrogens with one attached hydrogen (secondary N) is 1. The van der Waals surface area contributed by atoms with Crippen LogP contribution in [0, 0.1) is 0 Å². The first kappa shape index (κ1) is 21.0. The van der Waals surface area contributed by atoms with Crippen LogP contribution in [-0.4, -0.2) is 61.3 Å². The number of hydrogen-bond donors (Lipinski definition) is 1. The van der Waals surface area contributed by atoms with Crippen LogP contribution in [0.15, 0.2) is 52.2 Å². The van der Waals surface area contributed by atoms with Gasteiger partial charge in [0.1, 0.15) is 10.3 Å². The zero-order chi connectivity index (χ0) is 21.3. The van der Waals surface area contributed by atoms with Crippen LogP contribution in [0.5, 0.6) is 0 Å². The Hall–Kier alpha value is -2.20. The van der Waals surface area contributed by atoms with Gasteiger partial charge >= 0.3 is 0 Å². The summed E-state index contributed by atoms with van der Waals surface area (Å²) in [6.07, 6.45) is 3.25. The van der Waals surface area contributed by atoms with Crippen LogP contribution in [0.1, 0.15) is 12.8 Å². The summed E-state index contributed by atoms with van der Waals surface area (Å²) in [6.45, 7) is 2.20. The zero-order valence-electron chi connectivity index (χ0n) is 17.1. The third-order valence-electron chi connectivity index (χ3n) is 5.39. The van der Waals surface area contributed by atoms with Crippen molar-refractivity contribution in [2.45, 2.75) is 29.6 Å². The van der Waals surface area contributed by atoms with E-state index < -0.39 is 16.1 Å². The lowest BCUT2D eigenvalue weighted by Crippen LogP contribution is -2.42. The number of benzene rings is 1. The number of carbonyl (C=O) groups excluding carboxylic acids is 1. The number of anilines is 1. The molecule has 4 rings (SSSR count). The van der Waals surface area contributed by atoms with Crippen LogP contribution in [0.3, 0.4) is 0 Å². The first-order valence-electron chi connectivity index (χ1n) is 9.96. The molecule has 1 saturated heterocycles. The third-order valence-corrected chi connectivity index (χ3v) is 8.67. The number of thiophene rings is 1. The Kier molecular flexibility index (Phi) is 5.97. The lowest BCUT2D eigenvalue weighted by Gasteiger charge is -2.22. The number of fused-ring (bicyclic) bond motifs is 1. The summed E-state index contributed by atoms with van der Waals surface area (Å²) < 4.78 is 29.6. The van der Waals surface area contributed by atoms with Crippen molar-refractivity contribution in [3.8, 4) is 0 Å². The van der Waals surface area contributed by atoms with E-state index in [1.807, 2.05) is 44.6 Å². The smallest absolute Gasteiger partial charge is 0.253 e. The van der Waals surface area contributed by atoms with E-state index in [-0.39, 0.29) is 10.1 Å². The number of likely N-dealkylation sites (N-methyl/N-ethyl adjacent to an activating group) is 1. The van der Waals surface area contributed by atoms with Gasteiger partial charge in [-0.05, 0) is 62.6 Å². The van der Waals surface area contributed by atoms with E-state index in [2.05, 4.69) is 14.8 Å². The molecule has 1 amide bonds. The Morgan fingerprint density at radius 3 is 2.83 bits per heavy atom. The van der Waals surface area contributed by atoms with E-state index in [0.29, 0.717) is 25.1 Å². The fourth-order valence-corrected chi connectivity index (χ4v) is 6.60. The minimum Gasteiger partial charge on any atom is -0.346 e. The number of hydrogen-bond acceptors (Lipinski definition) is 5. The largest absolute Gasteiger partial charge is 0.346 e. The van der Waals surface area contributed by atoms with E-state index in [9.17, 15) is 13.2 Å². The van der Waals surface area contributed by atoms with Crippen LogP contribution in [0.4, 0.5) is 5.69 Å². The predicted molar refractivity (Wildman–Crippen MR) is 120 cm³/mol. The Morgan fingerprint density at radius 2 is 2.10 bits per heavy atom. The first-order valence-corrected chi connectivity index (χ1v) is 12.3. The summed E-state index contributed by atoms with van der Waals surface area (Å²) in [5.41, 5.74) is 1.79. The van der Waals surface area contributed by atoms with E-state index in [4.69, 9.17) is 0 Å². The van der Waals surface area contributed by atoms with Gasteiger partial charge in [0, 0.05) is 42.4 Å². The predicted octanol–water partition coefficient (Wildman–Crippen LogP) is 3.06. The van der Waals surface area contributed by atoms with Crippen LogP contribution in [0.2, 0.25) is 0 Å². The van der Waals surface area contributed by atoms with Gasteiger partial charge in [0.25, 0.3) is 10.0 Å². The SMILES string of the molecule is CN(C)CCn1ccc2cc(NC(=O)C3CCCN3S(=O)(=O)c3cccs3)ccc21. The number of amides is 1. The third kappa shape index (κ3) is 4.15. The second-order valence-electron chi connectivity index (χ2n) is 7.78. The highest BCUT2D eigenvalue weighted by molar-refractivity contribution is 7.91. The molecule has 160 valence electrons. The molecule has 1 N–H and O–H groups in total. The van der Waals surface area contributed by atoms with Crippen molar-refractivity contribution in [3.63, 3.8) is 0 Å². The molecule has 1 atom stereocenters. The second-order valence-corrected chi connectivity index (χ2v) is 10.8. The molecule has 1 aliphatic rings. The number of aromatic nitrogens is 1. The van der Waals surface area contributed by atoms with Gasteiger partial charge in [-0.15, -0.1) is 11.3 Å². The zero-order valence-corrected chi connectivity index (χ0v) is 18.7. The van der Waals surface area contributed by atoms with E-state index in [0.717, 1.165) is 24.0 Å². The minimum absolute atomic E-state index is 0.279. The van der Waals surface area contributed by atoms with Gasteiger partial charge in [-0.3, -0.25) is 4.79 Å². The standard InChI is InChI=1S/C21H26N4O3S2/c1-23(2)12-13-24-11-9-16-15-17(7-8-18(16)24)22-21(26)19-5-3-10-25(19)30(27,28)20-6-4-14-29-20/h4,6-9,11,14-15,19H,3,5,10,12-13H2,1-2H3,(H,22,26). The van der Waals surface area contributed by atoms with Crippen molar-refractivity contribution in [1.82, 2.24) is 13.8 Å². The molecule has 0 bridgehead atoms. The maximum absolute atomic E-state index is 12.9. The fourth-order valence-electron chi connectivity index (χ4n) is 3.82. The van der Waals surface area contributed by atoms with Gasteiger partial charge in [0.15, 0.2) is 0 Å². The first-order chi connectivity index (χ1) is 14.4.